The Labute approximate surface area is 130 Å². The third kappa shape index (κ3) is 4.72. The van der Waals surface area contributed by atoms with E-state index in [1.165, 1.54) is 0 Å². The van der Waals surface area contributed by atoms with Crippen LogP contribution in [0.15, 0.2) is 59.2 Å². The lowest BCUT2D eigenvalue weighted by Crippen LogP contribution is -2.23. The fourth-order valence-corrected chi connectivity index (χ4v) is 2.07. The lowest BCUT2D eigenvalue weighted by molar-refractivity contribution is 0.255. The number of carbonyl (C=O) groups excluding carboxylic acids is 1. The fraction of sp³-hybridized carbons (Fsp3) is 0. The Morgan fingerprint density at radius 2 is 1.90 bits per heavy atom. The first-order valence-corrected chi connectivity index (χ1v) is 7.06. The van der Waals surface area contributed by atoms with Gasteiger partial charge in [0.25, 0.3) is 0 Å². The summed E-state index contributed by atoms with van der Waals surface area (Å²) in [5.41, 5.74) is 1.67. The van der Waals surface area contributed by atoms with E-state index in [0.29, 0.717) is 10.7 Å². The van der Waals surface area contributed by atoms with Crippen molar-refractivity contribution >= 4 is 45.3 Å². The Balaban J connectivity index is 1.87. The summed E-state index contributed by atoms with van der Waals surface area (Å²) in [7, 11) is 0. The van der Waals surface area contributed by atoms with Gasteiger partial charge in [-0.2, -0.15) is 0 Å². The number of nitrogens with one attached hydrogen (secondary N) is 2. The molecule has 2 aromatic carbocycles. The summed E-state index contributed by atoms with van der Waals surface area (Å²) in [6, 6.07) is 14.4. The van der Waals surface area contributed by atoms with Crippen LogP contribution in [0.5, 0.6) is 0 Å². The van der Waals surface area contributed by atoms with Gasteiger partial charge < -0.3 is 10.6 Å². The molecule has 3 nitrogen and oxygen atoms in total. The lowest BCUT2D eigenvalue weighted by atomic mass is 10.2. The monoisotopic (exact) mass is 350 g/mol. The average Bonchev–Trinajstić information content (AvgIpc) is 2.41. The van der Waals surface area contributed by atoms with Gasteiger partial charge in [-0.05, 0) is 48.0 Å². The van der Waals surface area contributed by atoms with Gasteiger partial charge in [0.2, 0.25) is 0 Å². The fourth-order valence-electron chi connectivity index (χ4n) is 1.52. The molecule has 20 heavy (non-hydrogen) atoms. The van der Waals surface area contributed by atoms with E-state index in [1.807, 2.05) is 30.3 Å². The number of anilines is 1. The highest BCUT2D eigenvalue weighted by Gasteiger charge is 1.98. The zero-order valence-corrected chi connectivity index (χ0v) is 12.8. The number of halogens is 2. The van der Waals surface area contributed by atoms with Crippen LogP contribution in [0, 0.1) is 0 Å². The maximum atomic E-state index is 11.6. The predicted molar refractivity (Wildman–Crippen MR) is 86.8 cm³/mol. The minimum Gasteiger partial charge on any atom is -0.314 e. The van der Waals surface area contributed by atoms with E-state index in [9.17, 15) is 4.79 Å². The van der Waals surface area contributed by atoms with Gasteiger partial charge in [0.05, 0.1) is 0 Å². The second-order valence-corrected chi connectivity index (χ2v) is 5.35. The van der Waals surface area contributed by atoms with Gasteiger partial charge in [-0.25, -0.2) is 4.79 Å². The molecular formula is C15H12BrClN2O. The Hall–Kier alpha value is -1.78. The summed E-state index contributed by atoms with van der Waals surface area (Å²) in [6.07, 6.45) is 3.40. The topological polar surface area (TPSA) is 41.1 Å². The zero-order chi connectivity index (χ0) is 14.4. The van der Waals surface area contributed by atoms with Crippen LogP contribution < -0.4 is 10.6 Å². The number of rotatable bonds is 3. The summed E-state index contributed by atoms with van der Waals surface area (Å²) in [5.74, 6) is 0. The van der Waals surface area contributed by atoms with Gasteiger partial charge in [-0.3, -0.25) is 0 Å². The van der Waals surface area contributed by atoms with E-state index in [0.717, 1.165) is 10.0 Å². The summed E-state index contributed by atoms with van der Waals surface area (Å²) in [5, 5.41) is 5.96. The molecule has 0 aliphatic heterocycles. The largest absolute Gasteiger partial charge is 0.323 e. The number of hydrogen-bond donors (Lipinski definition) is 2. The molecule has 2 amide bonds. The number of carbonyl (C=O) groups is 1. The number of benzene rings is 2. The van der Waals surface area contributed by atoms with E-state index in [2.05, 4.69) is 26.6 Å². The van der Waals surface area contributed by atoms with Crippen LogP contribution in [0.3, 0.4) is 0 Å². The zero-order valence-electron chi connectivity index (χ0n) is 10.4. The van der Waals surface area contributed by atoms with E-state index >= 15 is 0 Å². The maximum absolute atomic E-state index is 11.6. The van der Waals surface area contributed by atoms with Gasteiger partial charge in [-0.15, -0.1) is 0 Å². The van der Waals surface area contributed by atoms with Gasteiger partial charge in [0, 0.05) is 21.4 Å². The van der Waals surface area contributed by atoms with Gasteiger partial charge in [0.1, 0.15) is 0 Å². The van der Waals surface area contributed by atoms with E-state index in [4.69, 9.17) is 11.6 Å². The third-order valence-electron chi connectivity index (χ3n) is 2.44. The molecule has 0 heterocycles. The molecule has 0 unspecified atom stereocenters. The van der Waals surface area contributed by atoms with Crippen molar-refractivity contribution in [2.24, 2.45) is 0 Å². The molecular weight excluding hydrogens is 340 g/mol. The van der Waals surface area contributed by atoms with Crippen molar-refractivity contribution in [3.05, 3.63) is 69.8 Å². The van der Waals surface area contributed by atoms with E-state index in [1.54, 1.807) is 30.5 Å². The first-order valence-electron chi connectivity index (χ1n) is 5.89. The summed E-state index contributed by atoms with van der Waals surface area (Å²) < 4.78 is 0.991. The summed E-state index contributed by atoms with van der Waals surface area (Å²) >= 11 is 9.16. The standard InChI is InChI=1S/C15H12BrClN2O/c16-12-3-1-2-11(10-12)8-9-18-15(20)19-14-6-4-13(17)5-7-14/h1-10H,(H2,18,19,20)/b9-8+. The smallest absolute Gasteiger partial charge is 0.314 e. The SMILES string of the molecule is O=C(N/C=C/c1cccc(Br)c1)Nc1ccc(Cl)cc1. The van der Waals surface area contributed by atoms with Crippen LogP contribution in [0.4, 0.5) is 10.5 Å². The van der Waals surface area contributed by atoms with E-state index < -0.39 is 0 Å². The molecule has 2 N–H and O–H groups in total. The highest BCUT2D eigenvalue weighted by Crippen LogP contribution is 2.13. The Morgan fingerprint density at radius 3 is 2.60 bits per heavy atom. The first-order chi connectivity index (χ1) is 9.63. The van der Waals surface area contributed by atoms with Crippen molar-refractivity contribution in [2.45, 2.75) is 0 Å². The Bertz CT molecular complexity index is 626. The maximum Gasteiger partial charge on any atom is 0.323 e. The van der Waals surface area contributed by atoms with Gasteiger partial charge >= 0.3 is 6.03 Å². The number of urea groups is 1. The second kappa shape index (κ2) is 7.12. The summed E-state index contributed by atoms with van der Waals surface area (Å²) in [4.78, 5) is 11.6. The van der Waals surface area contributed by atoms with Crippen LogP contribution in [-0.2, 0) is 0 Å². The third-order valence-corrected chi connectivity index (χ3v) is 3.19. The molecule has 0 spiro atoms. The van der Waals surface area contributed by atoms with Crippen LogP contribution >= 0.6 is 27.5 Å². The van der Waals surface area contributed by atoms with Crippen molar-refractivity contribution < 1.29 is 4.79 Å². The van der Waals surface area contributed by atoms with Gasteiger partial charge in [-0.1, -0.05) is 39.7 Å². The van der Waals surface area contributed by atoms with Crippen molar-refractivity contribution in [2.75, 3.05) is 5.32 Å². The Morgan fingerprint density at radius 1 is 1.15 bits per heavy atom. The van der Waals surface area contributed by atoms with Crippen LogP contribution in [0.25, 0.3) is 6.08 Å². The molecule has 0 saturated carbocycles. The quantitative estimate of drug-likeness (QED) is 0.811. The summed E-state index contributed by atoms with van der Waals surface area (Å²) in [6.45, 7) is 0. The predicted octanol–water partition coefficient (Wildman–Crippen LogP) is 4.89. The highest BCUT2D eigenvalue weighted by molar-refractivity contribution is 9.10. The molecule has 0 aromatic heterocycles. The molecule has 102 valence electrons. The van der Waals surface area contributed by atoms with Crippen molar-refractivity contribution in [3.8, 4) is 0 Å². The Kier molecular flexibility index (Phi) is 5.21. The normalized spacial score (nSPS) is 10.5. The van der Waals surface area contributed by atoms with E-state index in [-0.39, 0.29) is 6.03 Å². The molecule has 0 aliphatic carbocycles. The minimum absolute atomic E-state index is 0.307. The minimum atomic E-state index is -0.307. The molecule has 2 aromatic rings. The van der Waals surface area contributed by atoms with Crippen molar-refractivity contribution in [1.29, 1.82) is 0 Å². The molecule has 0 aliphatic rings. The van der Waals surface area contributed by atoms with Gasteiger partial charge in [0.15, 0.2) is 0 Å². The first kappa shape index (κ1) is 14.6. The van der Waals surface area contributed by atoms with Crippen LogP contribution in [0.2, 0.25) is 5.02 Å². The number of hydrogen-bond acceptors (Lipinski definition) is 1. The molecule has 2 rings (SSSR count). The van der Waals surface area contributed by atoms with Crippen molar-refractivity contribution in [3.63, 3.8) is 0 Å². The molecule has 0 radical (unpaired) electrons. The van der Waals surface area contributed by atoms with Crippen LogP contribution in [-0.4, -0.2) is 6.03 Å². The van der Waals surface area contributed by atoms with Crippen molar-refractivity contribution in [1.82, 2.24) is 5.32 Å². The average molecular weight is 352 g/mol. The highest BCUT2D eigenvalue weighted by atomic mass is 79.9. The second-order valence-electron chi connectivity index (χ2n) is 3.99. The number of amides is 2. The lowest BCUT2D eigenvalue weighted by Gasteiger charge is -2.04. The molecule has 0 atom stereocenters. The molecule has 5 heteroatoms. The molecule has 0 bridgehead atoms. The van der Waals surface area contributed by atoms with Crippen LogP contribution in [0.1, 0.15) is 5.56 Å². The molecule has 0 fully saturated rings. The molecule has 0 saturated heterocycles.